The zero-order chi connectivity index (χ0) is 32.2. The summed E-state index contributed by atoms with van der Waals surface area (Å²) in [4.78, 5) is 0. The van der Waals surface area contributed by atoms with Crippen LogP contribution in [0, 0.1) is 5.41 Å². The number of anilines is 1. The van der Waals surface area contributed by atoms with Crippen LogP contribution in [0.1, 0.15) is 34.6 Å². The number of fused-ring (bicyclic) bond motifs is 1. The molecule has 0 radical (unpaired) electrons. The Balaban J connectivity index is 1.48. The molecule has 1 saturated heterocycles. The van der Waals surface area contributed by atoms with Crippen molar-refractivity contribution < 1.29 is 38.0 Å². The summed E-state index contributed by atoms with van der Waals surface area (Å²) in [5.74, 6) is -1.25. The summed E-state index contributed by atoms with van der Waals surface area (Å²) in [6, 6.07) is 26.3. The highest BCUT2D eigenvalue weighted by Gasteiger charge is 2.60. The monoisotopic (exact) mass is 637 g/mol. The van der Waals surface area contributed by atoms with Gasteiger partial charge in [0.1, 0.15) is 31.5 Å². The maximum absolute atomic E-state index is 11.8. The van der Waals surface area contributed by atoms with E-state index in [0.717, 1.165) is 16.1 Å². The molecule has 1 fully saturated rings. The molecule has 0 spiro atoms. The number of hydrogen-bond donors (Lipinski definition) is 2. The van der Waals surface area contributed by atoms with Gasteiger partial charge in [0.25, 0.3) is 0 Å². The normalized spacial score (nSPS) is 26.3. The molecule has 0 saturated carbocycles. The van der Waals surface area contributed by atoms with Gasteiger partial charge in [-0.1, -0.05) is 81.4 Å². The van der Waals surface area contributed by atoms with Gasteiger partial charge in [-0.2, -0.15) is 0 Å². The number of benzene rings is 3. The number of rotatable bonds is 11. The average molecular weight is 638 g/mol. The SMILES string of the molecule is CO[C@@]1(C)O[C@H]([C@@H](O)CNc2ccc3c(c2)OCCO3)[C@H](C(O[SiH](c2ccccc2)c2ccccc2)C(C)(C)C)O[C@]1(C)OC. The van der Waals surface area contributed by atoms with E-state index in [0.29, 0.717) is 24.7 Å². The van der Waals surface area contributed by atoms with Crippen LogP contribution in [0.2, 0.25) is 0 Å². The van der Waals surface area contributed by atoms with Gasteiger partial charge in [0.2, 0.25) is 20.6 Å². The van der Waals surface area contributed by atoms with Crippen molar-refractivity contribution in [1.82, 2.24) is 0 Å². The second kappa shape index (κ2) is 13.8. The van der Waals surface area contributed by atoms with Gasteiger partial charge in [0, 0.05) is 32.5 Å². The van der Waals surface area contributed by atoms with Gasteiger partial charge in [-0.3, -0.25) is 0 Å². The van der Waals surface area contributed by atoms with Gasteiger partial charge >= 0.3 is 0 Å². The van der Waals surface area contributed by atoms with E-state index in [9.17, 15) is 5.11 Å². The van der Waals surface area contributed by atoms with E-state index in [1.165, 1.54) is 0 Å². The van der Waals surface area contributed by atoms with Crippen molar-refractivity contribution in [3.63, 3.8) is 0 Å². The van der Waals surface area contributed by atoms with Crippen LogP contribution in [-0.4, -0.2) is 84.1 Å². The summed E-state index contributed by atoms with van der Waals surface area (Å²) in [6.45, 7) is 11.1. The molecule has 0 amide bonds. The molecule has 10 heteroatoms. The lowest BCUT2D eigenvalue weighted by atomic mass is 9.82. The van der Waals surface area contributed by atoms with Gasteiger partial charge in [0.05, 0.1) is 6.10 Å². The Labute approximate surface area is 268 Å². The molecule has 2 heterocycles. The molecule has 9 nitrogen and oxygen atoms in total. The number of aliphatic hydroxyl groups excluding tert-OH is 1. The van der Waals surface area contributed by atoms with Crippen LogP contribution >= 0.6 is 0 Å². The fourth-order valence-corrected chi connectivity index (χ4v) is 8.58. The van der Waals surface area contributed by atoms with Crippen molar-refractivity contribution in [1.29, 1.82) is 0 Å². The molecule has 0 bridgehead atoms. The maximum Gasteiger partial charge on any atom is 0.240 e. The topological polar surface area (TPSA) is 96.9 Å². The van der Waals surface area contributed by atoms with E-state index in [1.54, 1.807) is 28.1 Å². The number of nitrogens with one attached hydrogen (secondary N) is 1. The van der Waals surface area contributed by atoms with E-state index < -0.39 is 50.4 Å². The first-order chi connectivity index (χ1) is 21.5. The molecule has 244 valence electrons. The van der Waals surface area contributed by atoms with Crippen LogP contribution < -0.4 is 25.2 Å². The highest BCUT2D eigenvalue weighted by molar-refractivity contribution is 6.80. The van der Waals surface area contributed by atoms with Crippen LogP contribution in [0.5, 0.6) is 11.5 Å². The molecule has 5 rings (SSSR count). The number of ether oxygens (including phenoxy) is 6. The van der Waals surface area contributed by atoms with E-state index in [2.05, 4.69) is 50.4 Å². The second-order valence-corrected chi connectivity index (χ2v) is 15.3. The third-order valence-corrected chi connectivity index (χ3v) is 11.3. The van der Waals surface area contributed by atoms with Crippen molar-refractivity contribution in [3.8, 4) is 11.5 Å². The van der Waals surface area contributed by atoms with Gasteiger partial charge in [-0.05, 0) is 41.8 Å². The minimum atomic E-state index is -2.24. The molecule has 0 aromatic heterocycles. The van der Waals surface area contributed by atoms with Crippen LogP contribution in [0.3, 0.4) is 0 Å². The highest BCUT2D eigenvalue weighted by atomic mass is 28.3. The van der Waals surface area contributed by atoms with Gasteiger partial charge in [-0.15, -0.1) is 0 Å². The summed E-state index contributed by atoms with van der Waals surface area (Å²) in [6.07, 6.45) is -3.08. The Bertz CT molecular complexity index is 1350. The molecule has 0 aliphatic carbocycles. The summed E-state index contributed by atoms with van der Waals surface area (Å²) in [7, 11) is 0.873. The van der Waals surface area contributed by atoms with E-state index in [4.69, 9.17) is 32.8 Å². The summed E-state index contributed by atoms with van der Waals surface area (Å²) in [5, 5.41) is 17.5. The predicted molar refractivity (Wildman–Crippen MR) is 176 cm³/mol. The predicted octanol–water partition coefficient (Wildman–Crippen LogP) is 3.71. The van der Waals surface area contributed by atoms with Crippen molar-refractivity contribution in [3.05, 3.63) is 78.9 Å². The van der Waals surface area contributed by atoms with Crippen LogP contribution in [-0.2, 0) is 23.4 Å². The van der Waals surface area contributed by atoms with Crippen molar-refractivity contribution in [2.24, 2.45) is 5.41 Å². The van der Waals surface area contributed by atoms with Gasteiger partial charge < -0.3 is 43.3 Å². The minimum absolute atomic E-state index is 0.169. The first-order valence-electron chi connectivity index (χ1n) is 15.5. The van der Waals surface area contributed by atoms with Gasteiger partial charge in [-0.25, -0.2) is 0 Å². The summed E-state index contributed by atoms with van der Waals surface area (Å²) in [5.41, 5.74) is 0.367. The molecule has 1 unspecified atom stereocenters. The van der Waals surface area contributed by atoms with E-state index >= 15 is 0 Å². The average Bonchev–Trinajstić information content (AvgIpc) is 3.05. The fraction of sp³-hybridized carbons (Fsp3) is 0.486. The standard InChI is InChI=1S/C35H47NO8Si/c1-33(2,3)32(44-45(25-14-10-8-11-15-25)26-16-12-9-13-17-26)31-30(42-34(4,38-6)35(5,39-7)43-31)27(37)23-36-24-18-19-28-29(22-24)41-21-20-40-28/h8-19,22,27,30-32,36-37,45H,20-21,23H2,1-7H3/t27-,30+,31+,32?,34-,35-/m0/s1. The lowest BCUT2D eigenvalue weighted by Crippen LogP contribution is -2.71. The zero-order valence-electron chi connectivity index (χ0n) is 27.3. The Morgan fingerprint density at radius 1 is 0.822 bits per heavy atom. The lowest BCUT2D eigenvalue weighted by molar-refractivity contribution is -0.460. The quantitative estimate of drug-likeness (QED) is 0.305. The molecular formula is C35H47NO8Si. The van der Waals surface area contributed by atoms with Crippen molar-refractivity contribution in [2.45, 2.75) is 70.6 Å². The highest BCUT2D eigenvalue weighted by Crippen LogP contribution is 2.44. The molecule has 2 aliphatic rings. The van der Waals surface area contributed by atoms with Crippen LogP contribution in [0.4, 0.5) is 5.69 Å². The van der Waals surface area contributed by atoms with Crippen LogP contribution in [0.15, 0.2) is 78.9 Å². The Morgan fingerprint density at radius 2 is 1.36 bits per heavy atom. The molecule has 3 aromatic carbocycles. The number of hydrogen-bond acceptors (Lipinski definition) is 9. The van der Waals surface area contributed by atoms with E-state index in [1.807, 2.05) is 54.6 Å². The summed E-state index contributed by atoms with van der Waals surface area (Å²) >= 11 is 0. The number of aliphatic hydroxyl groups is 1. The first-order valence-corrected chi connectivity index (χ1v) is 17.1. The van der Waals surface area contributed by atoms with Crippen molar-refractivity contribution >= 4 is 25.1 Å². The zero-order valence-corrected chi connectivity index (χ0v) is 28.5. The van der Waals surface area contributed by atoms with Crippen molar-refractivity contribution in [2.75, 3.05) is 39.3 Å². The molecule has 2 aliphatic heterocycles. The van der Waals surface area contributed by atoms with E-state index in [-0.39, 0.29) is 6.54 Å². The third-order valence-electron chi connectivity index (χ3n) is 8.73. The van der Waals surface area contributed by atoms with Gasteiger partial charge in [0.15, 0.2) is 11.5 Å². The second-order valence-electron chi connectivity index (χ2n) is 12.9. The minimum Gasteiger partial charge on any atom is -0.486 e. The maximum atomic E-state index is 11.8. The van der Waals surface area contributed by atoms with Crippen LogP contribution in [0.25, 0.3) is 0 Å². The molecular weight excluding hydrogens is 590 g/mol. The Hall–Kier alpha value is -2.96. The molecule has 6 atom stereocenters. The molecule has 45 heavy (non-hydrogen) atoms. The molecule has 3 aromatic rings. The Kier molecular flexibility index (Phi) is 10.2. The smallest absolute Gasteiger partial charge is 0.240 e. The number of methoxy groups -OCH3 is 2. The largest absolute Gasteiger partial charge is 0.486 e. The lowest BCUT2D eigenvalue weighted by Gasteiger charge is -2.55. The molecule has 2 N–H and O–H groups in total. The fourth-order valence-electron chi connectivity index (χ4n) is 5.88. The first kappa shape index (κ1) is 33.4. The Morgan fingerprint density at radius 3 is 1.89 bits per heavy atom. The third kappa shape index (κ3) is 7.22. The summed E-state index contributed by atoms with van der Waals surface area (Å²) < 4.78 is 44.0.